The second-order valence-corrected chi connectivity index (χ2v) is 11.7. The van der Waals surface area contributed by atoms with E-state index in [1.807, 2.05) is 0 Å². The summed E-state index contributed by atoms with van der Waals surface area (Å²) in [6.45, 7) is 3.16. The van der Waals surface area contributed by atoms with Crippen LogP contribution in [0.25, 0.3) is 0 Å². The van der Waals surface area contributed by atoms with Gasteiger partial charge in [0.25, 0.3) is 0 Å². The molecule has 0 aliphatic heterocycles. The molecular weight excluding hydrogens is 644 g/mol. The average molecular weight is 687 g/mol. The maximum absolute atomic E-state index is 13.8. The van der Waals surface area contributed by atoms with E-state index in [2.05, 4.69) is 21.3 Å². The van der Waals surface area contributed by atoms with Gasteiger partial charge in [0.15, 0.2) is 0 Å². The van der Waals surface area contributed by atoms with Crippen molar-refractivity contribution in [2.75, 3.05) is 0 Å². The summed E-state index contributed by atoms with van der Waals surface area (Å²) in [6, 6.07) is 4.17. The molecule has 2 aromatic carbocycles. The maximum atomic E-state index is 13.8. The second-order valence-electron chi connectivity index (χ2n) is 11.7. The van der Waals surface area contributed by atoms with Gasteiger partial charge in [0.2, 0.25) is 29.5 Å². The zero-order chi connectivity index (χ0) is 36.8. The first-order valence-corrected chi connectivity index (χ1v) is 15.2. The fourth-order valence-electron chi connectivity index (χ4n) is 4.59. The van der Waals surface area contributed by atoms with Crippen molar-refractivity contribution in [2.24, 2.45) is 17.4 Å². The third-order valence-electron chi connectivity index (χ3n) is 7.29. The molecular formula is C32H42N6O11. The third-order valence-corrected chi connectivity index (χ3v) is 7.29. The molecule has 0 spiro atoms. The van der Waals surface area contributed by atoms with E-state index >= 15 is 0 Å². The molecule has 0 radical (unpaired) electrons. The van der Waals surface area contributed by atoms with Crippen LogP contribution in [0.2, 0.25) is 0 Å². The summed E-state index contributed by atoms with van der Waals surface area (Å²) in [4.78, 5) is 87.7. The van der Waals surface area contributed by atoms with Crippen LogP contribution in [0.4, 0.5) is 0 Å². The maximum Gasteiger partial charge on any atom is 0.326 e. The number of hydrogen-bond donors (Lipinski definition) is 10. The first-order chi connectivity index (χ1) is 23.0. The Balaban J connectivity index is 2.44. The summed E-state index contributed by atoms with van der Waals surface area (Å²) in [7, 11) is 0. The normalized spacial score (nSPS) is 14.0. The number of primary amides is 1. The topological polar surface area (TPSA) is 301 Å². The number of phenols is 2. The fraction of sp³-hybridized carbons (Fsp3) is 0.406. The van der Waals surface area contributed by atoms with Crippen LogP contribution in [0.3, 0.4) is 0 Å². The van der Waals surface area contributed by atoms with Gasteiger partial charge in [-0.05, 0) is 47.7 Å². The summed E-state index contributed by atoms with van der Waals surface area (Å²) in [5.41, 5.74) is 11.7. The minimum Gasteiger partial charge on any atom is -0.508 e. The molecule has 12 N–H and O–H groups in total. The summed E-state index contributed by atoms with van der Waals surface area (Å²) in [5.74, 6) is -7.90. The average Bonchev–Trinajstić information content (AvgIpc) is 3.02. The summed E-state index contributed by atoms with van der Waals surface area (Å²) < 4.78 is 0. The van der Waals surface area contributed by atoms with Crippen molar-refractivity contribution in [3.63, 3.8) is 0 Å². The number of carboxylic acids is 2. The molecule has 49 heavy (non-hydrogen) atoms. The van der Waals surface area contributed by atoms with Gasteiger partial charge in [-0.2, -0.15) is 0 Å². The number of benzene rings is 2. The minimum atomic E-state index is -1.53. The van der Waals surface area contributed by atoms with Crippen molar-refractivity contribution < 1.29 is 54.0 Å². The number of phenolic OH excluding ortho intramolecular Hbond substituents is 2. The Morgan fingerprint density at radius 3 is 1.45 bits per heavy atom. The Bertz CT molecular complexity index is 1500. The molecule has 0 aliphatic carbocycles. The molecule has 0 bridgehead atoms. The van der Waals surface area contributed by atoms with Crippen molar-refractivity contribution >= 4 is 41.5 Å². The quantitative estimate of drug-likeness (QED) is 0.0819. The molecule has 0 saturated heterocycles. The van der Waals surface area contributed by atoms with Crippen LogP contribution in [0.5, 0.6) is 11.5 Å². The highest BCUT2D eigenvalue weighted by Gasteiger charge is 2.33. The van der Waals surface area contributed by atoms with Gasteiger partial charge >= 0.3 is 11.9 Å². The highest BCUT2D eigenvalue weighted by Crippen LogP contribution is 2.15. The van der Waals surface area contributed by atoms with E-state index in [4.69, 9.17) is 11.5 Å². The van der Waals surface area contributed by atoms with Crippen LogP contribution >= 0.6 is 0 Å². The van der Waals surface area contributed by atoms with Crippen molar-refractivity contribution in [1.29, 1.82) is 0 Å². The largest absolute Gasteiger partial charge is 0.508 e. The van der Waals surface area contributed by atoms with E-state index in [0.29, 0.717) is 11.1 Å². The van der Waals surface area contributed by atoms with E-state index < -0.39 is 96.9 Å². The van der Waals surface area contributed by atoms with E-state index in [1.54, 1.807) is 13.8 Å². The second kappa shape index (κ2) is 18.6. The predicted octanol–water partition coefficient (Wildman–Crippen LogP) is -1.37. The number of carboxylic acid groups (broad SMARTS) is 2. The first-order valence-electron chi connectivity index (χ1n) is 15.2. The lowest BCUT2D eigenvalue weighted by Gasteiger charge is -2.27. The van der Waals surface area contributed by atoms with Crippen LogP contribution < -0.4 is 32.7 Å². The fourth-order valence-corrected chi connectivity index (χ4v) is 4.59. The number of aromatic hydroxyl groups is 2. The Morgan fingerprint density at radius 2 is 1.06 bits per heavy atom. The zero-order valence-corrected chi connectivity index (χ0v) is 26.9. The zero-order valence-electron chi connectivity index (χ0n) is 26.9. The number of carbonyl (C=O) groups is 7. The molecule has 2 aromatic rings. The molecule has 0 aliphatic rings. The number of nitrogens with one attached hydrogen (secondary N) is 4. The van der Waals surface area contributed by atoms with Crippen molar-refractivity contribution in [2.45, 2.75) is 76.2 Å². The number of hydrogen-bond acceptors (Lipinski definition) is 10. The Labute approximate surface area is 281 Å². The molecule has 17 heteroatoms. The Kier molecular flexibility index (Phi) is 15.0. The van der Waals surface area contributed by atoms with Crippen molar-refractivity contribution in [1.82, 2.24) is 21.3 Å². The molecule has 0 fully saturated rings. The summed E-state index contributed by atoms with van der Waals surface area (Å²) in [5, 5.41) is 47.9. The molecule has 0 heterocycles. The lowest BCUT2D eigenvalue weighted by molar-refractivity contribution is -0.143. The van der Waals surface area contributed by atoms with Crippen LogP contribution in [-0.4, -0.2) is 92.1 Å². The number of carbonyl (C=O) groups excluding carboxylic acids is 5. The van der Waals surface area contributed by atoms with Gasteiger partial charge in [0, 0.05) is 19.3 Å². The van der Waals surface area contributed by atoms with Gasteiger partial charge in [-0.25, -0.2) is 4.79 Å². The molecule has 2 rings (SSSR count). The van der Waals surface area contributed by atoms with Gasteiger partial charge in [0.05, 0.1) is 12.5 Å². The van der Waals surface area contributed by atoms with E-state index in [0.717, 1.165) is 0 Å². The highest BCUT2D eigenvalue weighted by molar-refractivity contribution is 5.96. The predicted molar refractivity (Wildman–Crippen MR) is 172 cm³/mol. The van der Waals surface area contributed by atoms with E-state index in [9.17, 15) is 54.0 Å². The van der Waals surface area contributed by atoms with Gasteiger partial charge < -0.3 is 53.2 Å². The lowest BCUT2D eigenvalue weighted by atomic mass is 10.00. The van der Waals surface area contributed by atoms with Crippen molar-refractivity contribution in [3.8, 4) is 11.5 Å². The SMILES string of the molecule is CC(C)[C@H](NC(=O)[C@H](Cc1ccc(O)cc1)NC(=O)[C@H](Cc1ccc(O)cc1)NC(=O)[C@H](CCC(=O)O)NC(=O)[C@@H](N)CC(N)=O)C(=O)O. The molecule has 0 unspecified atom stereocenters. The number of rotatable bonds is 19. The Morgan fingerprint density at radius 1 is 0.653 bits per heavy atom. The number of nitrogens with two attached hydrogens (primary N) is 2. The van der Waals surface area contributed by atoms with Crippen molar-refractivity contribution in [3.05, 3.63) is 59.7 Å². The lowest BCUT2D eigenvalue weighted by Crippen LogP contribution is -2.59. The van der Waals surface area contributed by atoms with Gasteiger partial charge in [-0.15, -0.1) is 0 Å². The van der Waals surface area contributed by atoms with Gasteiger partial charge in [0.1, 0.15) is 35.7 Å². The van der Waals surface area contributed by atoms with Crippen LogP contribution in [-0.2, 0) is 46.4 Å². The molecule has 0 aromatic heterocycles. The van der Waals surface area contributed by atoms with Crippen LogP contribution in [0.15, 0.2) is 48.5 Å². The molecule has 266 valence electrons. The first kappa shape index (κ1) is 39.5. The summed E-state index contributed by atoms with van der Waals surface area (Å²) in [6.07, 6.45) is -1.93. The smallest absolute Gasteiger partial charge is 0.326 e. The molecule has 0 saturated carbocycles. The van der Waals surface area contributed by atoms with Crippen LogP contribution in [0, 0.1) is 5.92 Å². The monoisotopic (exact) mass is 686 g/mol. The van der Waals surface area contributed by atoms with Crippen LogP contribution in [0.1, 0.15) is 44.2 Å². The van der Waals surface area contributed by atoms with Gasteiger partial charge in [-0.3, -0.25) is 28.8 Å². The number of aliphatic carboxylic acids is 2. The highest BCUT2D eigenvalue weighted by atomic mass is 16.4. The molecule has 5 atom stereocenters. The minimum absolute atomic E-state index is 0.0589. The third kappa shape index (κ3) is 13.5. The summed E-state index contributed by atoms with van der Waals surface area (Å²) >= 11 is 0. The van der Waals surface area contributed by atoms with Gasteiger partial charge in [-0.1, -0.05) is 38.1 Å². The number of amides is 5. The van der Waals surface area contributed by atoms with E-state index in [-0.39, 0.29) is 24.3 Å². The standard InChI is InChI=1S/C32H42N6O11/c1-16(2)27(32(48)49)38-31(47)24(14-18-5-9-20(40)10-6-18)37-30(46)23(13-17-3-7-19(39)8-4-17)36-29(45)22(11-12-26(42)43)35-28(44)21(33)15-25(34)41/h3-10,16,21-24,27,39-40H,11-15,33H2,1-2H3,(H2,34,41)(H,35,44)(H,36,45)(H,37,46)(H,38,47)(H,42,43)(H,48,49)/t21-,22-,23-,24-,27-/m0/s1. The molecule has 17 nitrogen and oxygen atoms in total. The molecule has 5 amide bonds. The van der Waals surface area contributed by atoms with E-state index in [1.165, 1.54) is 48.5 Å². The Hall–Kier alpha value is -5.71.